The first kappa shape index (κ1) is 26.1. The highest BCUT2D eigenvalue weighted by molar-refractivity contribution is 7.90. The monoisotopic (exact) mass is 504 g/mol. The zero-order valence-corrected chi connectivity index (χ0v) is 19.8. The molecule has 0 bridgehead atoms. The van der Waals surface area contributed by atoms with Crippen LogP contribution < -0.4 is 9.80 Å². The van der Waals surface area contributed by atoms with Gasteiger partial charge in [0.25, 0.3) is 0 Å². The topological polar surface area (TPSA) is 116 Å². The summed E-state index contributed by atoms with van der Waals surface area (Å²) in [5, 5.41) is 18.8. The van der Waals surface area contributed by atoms with E-state index in [0.29, 0.717) is 18.8 Å². The van der Waals surface area contributed by atoms with Crippen LogP contribution in [-0.4, -0.2) is 73.7 Å². The number of aliphatic hydroxyl groups is 2. The number of anilines is 2. The number of aliphatic hydroxyl groups excluding tert-OH is 2. The fourth-order valence-electron chi connectivity index (χ4n) is 3.96. The molecule has 1 aromatic heterocycles. The van der Waals surface area contributed by atoms with Crippen LogP contribution in [0, 0.1) is 0 Å². The van der Waals surface area contributed by atoms with Crippen LogP contribution in [0.15, 0.2) is 29.3 Å². The number of hydrogen-bond donors (Lipinski definition) is 2. The summed E-state index contributed by atoms with van der Waals surface area (Å²) in [6.07, 6.45) is -3.15. The van der Waals surface area contributed by atoms with Crippen molar-refractivity contribution >= 4 is 21.5 Å². The highest BCUT2D eigenvalue weighted by Gasteiger charge is 2.38. The molecule has 1 unspecified atom stereocenters. The number of alkyl halides is 3. The third kappa shape index (κ3) is 5.43. The van der Waals surface area contributed by atoms with E-state index in [0.717, 1.165) is 12.5 Å². The zero-order valence-electron chi connectivity index (χ0n) is 18.9. The zero-order chi connectivity index (χ0) is 25.3. The van der Waals surface area contributed by atoms with Gasteiger partial charge < -0.3 is 24.7 Å². The minimum atomic E-state index is -4.75. The van der Waals surface area contributed by atoms with Gasteiger partial charge in [0, 0.05) is 50.4 Å². The van der Waals surface area contributed by atoms with Gasteiger partial charge in [-0.15, -0.1) is 0 Å². The van der Waals surface area contributed by atoms with E-state index in [1.165, 1.54) is 13.2 Å². The van der Waals surface area contributed by atoms with Gasteiger partial charge in [-0.2, -0.15) is 13.2 Å². The predicted molar refractivity (Wildman–Crippen MR) is 118 cm³/mol. The van der Waals surface area contributed by atoms with Crippen LogP contribution in [0.2, 0.25) is 0 Å². The standard InChI is InChI=1S/C21H27F3N4O5S/c1-13(33-2)17-10-27(16-5-4-14(11-29)18(8-16)34(3,31)32)6-7-28(17)20-25-9-15(12-30)19(26-20)21(22,23)24/h4-5,8-9,13,17,29-30H,6-7,10-12H2,1-3H3/t13?,17-/m0/s1. The van der Waals surface area contributed by atoms with Crippen LogP contribution in [0.3, 0.4) is 0 Å². The second-order valence-corrected chi connectivity index (χ2v) is 10.1. The molecule has 2 heterocycles. The van der Waals surface area contributed by atoms with Crippen molar-refractivity contribution in [2.45, 2.75) is 43.4 Å². The SMILES string of the molecule is COC(C)[C@@H]1CN(c2ccc(CO)c(S(C)(=O)=O)c2)CCN1c1ncc(CO)c(C(F)(F)F)n1. The van der Waals surface area contributed by atoms with Gasteiger partial charge in [0.1, 0.15) is 0 Å². The number of benzene rings is 1. The van der Waals surface area contributed by atoms with E-state index < -0.39 is 52.6 Å². The molecule has 0 saturated carbocycles. The smallest absolute Gasteiger partial charge is 0.392 e. The second kappa shape index (κ2) is 10.0. The molecule has 1 aromatic carbocycles. The van der Waals surface area contributed by atoms with Crippen LogP contribution in [0.4, 0.5) is 24.8 Å². The molecule has 9 nitrogen and oxygen atoms in total. The number of rotatable bonds is 7. The van der Waals surface area contributed by atoms with E-state index in [-0.39, 0.29) is 23.0 Å². The number of ether oxygens (including phenoxy) is 1. The molecule has 2 N–H and O–H groups in total. The first-order chi connectivity index (χ1) is 15.9. The summed E-state index contributed by atoms with van der Waals surface area (Å²) in [5.74, 6) is -0.134. The van der Waals surface area contributed by atoms with E-state index in [9.17, 15) is 31.8 Å². The third-order valence-electron chi connectivity index (χ3n) is 5.87. The van der Waals surface area contributed by atoms with Crippen LogP contribution in [0.1, 0.15) is 23.7 Å². The van der Waals surface area contributed by atoms with Gasteiger partial charge in [0.15, 0.2) is 15.5 Å². The summed E-state index contributed by atoms with van der Waals surface area (Å²) in [5.41, 5.74) is -0.728. The van der Waals surface area contributed by atoms with E-state index in [1.54, 1.807) is 24.0 Å². The lowest BCUT2D eigenvalue weighted by Gasteiger charge is -2.44. The van der Waals surface area contributed by atoms with Crippen molar-refractivity contribution in [3.63, 3.8) is 0 Å². The molecule has 2 aromatic rings. The third-order valence-corrected chi connectivity index (χ3v) is 7.04. The maximum absolute atomic E-state index is 13.5. The van der Waals surface area contributed by atoms with Crippen LogP contribution in [-0.2, 0) is 34.0 Å². The predicted octanol–water partition coefficient (Wildman–Crippen LogP) is 1.61. The molecular weight excluding hydrogens is 477 g/mol. The van der Waals surface area contributed by atoms with E-state index >= 15 is 0 Å². The highest BCUT2D eigenvalue weighted by atomic mass is 32.2. The number of nitrogens with zero attached hydrogens (tertiary/aromatic N) is 4. The Labute approximate surface area is 195 Å². The van der Waals surface area contributed by atoms with E-state index in [2.05, 4.69) is 9.97 Å². The van der Waals surface area contributed by atoms with Crippen LogP contribution in [0.5, 0.6) is 0 Å². The molecule has 2 atom stereocenters. The number of methoxy groups -OCH3 is 1. The Morgan fingerprint density at radius 1 is 1.21 bits per heavy atom. The van der Waals surface area contributed by atoms with E-state index in [1.807, 2.05) is 4.90 Å². The van der Waals surface area contributed by atoms with Gasteiger partial charge in [-0.25, -0.2) is 18.4 Å². The summed E-state index contributed by atoms with van der Waals surface area (Å²) in [6.45, 7) is 1.38. The molecular formula is C21H27F3N4O5S. The molecule has 1 aliphatic rings. The van der Waals surface area contributed by atoms with Gasteiger partial charge >= 0.3 is 6.18 Å². The Bertz CT molecular complexity index is 1130. The summed E-state index contributed by atoms with van der Waals surface area (Å²) in [6, 6.07) is 4.26. The molecule has 0 amide bonds. The lowest BCUT2D eigenvalue weighted by atomic mass is 10.1. The summed E-state index contributed by atoms with van der Waals surface area (Å²) in [7, 11) is -2.11. The van der Waals surface area contributed by atoms with Gasteiger partial charge in [0.2, 0.25) is 5.95 Å². The lowest BCUT2D eigenvalue weighted by molar-refractivity contribution is -0.142. The Morgan fingerprint density at radius 2 is 1.88 bits per heavy atom. The summed E-state index contributed by atoms with van der Waals surface area (Å²) < 4.78 is 70.2. The average Bonchev–Trinajstić information content (AvgIpc) is 2.81. The Kier molecular flexibility index (Phi) is 7.70. The van der Waals surface area contributed by atoms with Gasteiger partial charge in [0.05, 0.1) is 30.3 Å². The highest BCUT2D eigenvalue weighted by Crippen LogP contribution is 2.33. The molecule has 1 aliphatic heterocycles. The second-order valence-electron chi connectivity index (χ2n) is 8.07. The van der Waals surface area contributed by atoms with Crippen molar-refractivity contribution < 1.29 is 36.5 Å². The fraction of sp³-hybridized carbons (Fsp3) is 0.524. The van der Waals surface area contributed by atoms with Crippen molar-refractivity contribution in [2.24, 2.45) is 0 Å². The number of piperazine rings is 1. The van der Waals surface area contributed by atoms with Crippen molar-refractivity contribution in [1.82, 2.24) is 9.97 Å². The maximum atomic E-state index is 13.5. The minimum Gasteiger partial charge on any atom is -0.392 e. The molecule has 0 radical (unpaired) electrons. The Balaban J connectivity index is 1.97. The van der Waals surface area contributed by atoms with Gasteiger partial charge in [-0.05, 0) is 24.6 Å². The van der Waals surface area contributed by atoms with Crippen LogP contribution >= 0.6 is 0 Å². The largest absolute Gasteiger partial charge is 0.433 e. The van der Waals surface area contributed by atoms with Crippen molar-refractivity contribution in [3.8, 4) is 0 Å². The van der Waals surface area contributed by atoms with E-state index in [4.69, 9.17) is 4.74 Å². The molecule has 34 heavy (non-hydrogen) atoms. The average molecular weight is 505 g/mol. The van der Waals surface area contributed by atoms with Crippen molar-refractivity contribution in [1.29, 1.82) is 0 Å². The Hall–Kier alpha value is -2.48. The fourth-order valence-corrected chi connectivity index (χ4v) is 4.91. The molecule has 0 spiro atoms. The maximum Gasteiger partial charge on any atom is 0.433 e. The quantitative estimate of drug-likeness (QED) is 0.580. The molecule has 13 heteroatoms. The molecule has 188 valence electrons. The summed E-state index contributed by atoms with van der Waals surface area (Å²) in [4.78, 5) is 11.3. The molecule has 1 saturated heterocycles. The molecule has 1 fully saturated rings. The molecule has 3 rings (SSSR count). The van der Waals surface area contributed by atoms with Gasteiger partial charge in [-0.1, -0.05) is 6.07 Å². The number of sulfone groups is 1. The Morgan fingerprint density at radius 3 is 2.44 bits per heavy atom. The normalized spacial score (nSPS) is 18.3. The number of aromatic nitrogens is 2. The first-order valence-corrected chi connectivity index (χ1v) is 12.3. The van der Waals surface area contributed by atoms with Crippen molar-refractivity contribution in [2.75, 3.05) is 42.8 Å². The first-order valence-electron chi connectivity index (χ1n) is 10.4. The lowest BCUT2D eigenvalue weighted by Crippen LogP contribution is -2.58. The van der Waals surface area contributed by atoms with Crippen molar-refractivity contribution in [3.05, 3.63) is 41.2 Å². The number of halogens is 3. The minimum absolute atomic E-state index is 0.0176. The molecule has 0 aliphatic carbocycles. The summed E-state index contributed by atoms with van der Waals surface area (Å²) >= 11 is 0. The van der Waals surface area contributed by atoms with Crippen LogP contribution in [0.25, 0.3) is 0 Å². The number of hydrogen-bond acceptors (Lipinski definition) is 9. The van der Waals surface area contributed by atoms with Gasteiger partial charge in [-0.3, -0.25) is 0 Å².